The highest BCUT2D eigenvalue weighted by Crippen LogP contribution is 2.26. The Kier molecular flexibility index (Phi) is 44.5. The molecule has 11 heteroatoms. The molecule has 0 aromatic heterocycles. The van der Waals surface area contributed by atoms with E-state index in [1.807, 2.05) is 6.08 Å². The van der Waals surface area contributed by atoms with Gasteiger partial charge < -0.3 is 45.1 Å². The number of esters is 1. The van der Waals surface area contributed by atoms with Crippen LogP contribution >= 0.6 is 0 Å². The quantitative estimate of drug-likeness (QED) is 0.0196. The zero-order valence-electron chi connectivity index (χ0n) is 44.7. The molecule has 6 N–H and O–H groups in total. The number of ether oxygens (including phenoxy) is 3. The first-order valence-electron chi connectivity index (χ1n) is 29.1. The molecular formula is C58H109NO10. The van der Waals surface area contributed by atoms with Gasteiger partial charge in [0.05, 0.1) is 25.4 Å². The Morgan fingerprint density at radius 3 is 1.41 bits per heavy atom. The van der Waals surface area contributed by atoms with E-state index in [1.54, 1.807) is 6.08 Å². The molecule has 1 heterocycles. The van der Waals surface area contributed by atoms with Crippen molar-refractivity contribution in [1.82, 2.24) is 5.32 Å². The van der Waals surface area contributed by atoms with Gasteiger partial charge in [0.2, 0.25) is 5.91 Å². The van der Waals surface area contributed by atoms with E-state index in [-0.39, 0.29) is 19.4 Å². The maximum absolute atomic E-state index is 13.4. The number of carbonyl (C=O) groups excluding carboxylic acids is 2. The summed E-state index contributed by atoms with van der Waals surface area (Å²) in [5.41, 5.74) is 0. The molecular weight excluding hydrogens is 871 g/mol. The van der Waals surface area contributed by atoms with Gasteiger partial charge in [-0.05, 0) is 51.4 Å². The zero-order valence-corrected chi connectivity index (χ0v) is 44.7. The number of amides is 1. The van der Waals surface area contributed by atoms with Crippen LogP contribution in [0.4, 0.5) is 0 Å². The topological polar surface area (TPSA) is 175 Å². The molecule has 0 spiro atoms. The van der Waals surface area contributed by atoms with Crippen molar-refractivity contribution in [3.05, 3.63) is 24.3 Å². The predicted octanol–water partition coefficient (Wildman–Crippen LogP) is 12.9. The summed E-state index contributed by atoms with van der Waals surface area (Å²) in [5, 5.41) is 56.8. The normalized spacial score (nSPS) is 19.9. The van der Waals surface area contributed by atoms with Gasteiger partial charge in [-0.3, -0.25) is 9.59 Å². The van der Waals surface area contributed by atoms with Gasteiger partial charge in [0.15, 0.2) is 12.4 Å². The highest BCUT2D eigenvalue weighted by molar-refractivity contribution is 5.80. The smallest absolute Gasteiger partial charge is 0.306 e. The van der Waals surface area contributed by atoms with E-state index in [2.05, 4.69) is 38.2 Å². The number of aliphatic hydroxyl groups is 5. The fraction of sp³-hybridized carbons (Fsp3) is 0.897. The summed E-state index contributed by atoms with van der Waals surface area (Å²) in [6, 6.07) is -1.02. The Morgan fingerprint density at radius 2 is 0.957 bits per heavy atom. The summed E-state index contributed by atoms with van der Waals surface area (Å²) in [6.45, 7) is 5.77. The van der Waals surface area contributed by atoms with E-state index in [4.69, 9.17) is 14.2 Å². The number of rotatable bonds is 49. The molecule has 8 unspecified atom stereocenters. The molecule has 11 nitrogen and oxygen atoms in total. The molecule has 0 aliphatic carbocycles. The molecule has 0 saturated carbocycles. The highest BCUT2D eigenvalue weighted by atomic mass is 16.7. The lowest BCUT2D eigenvalue weighted by Crippen LogP contribution is -2.61. The standard InChI is InChI=1S/C58H109NO10/c1-4-7-10-13-16-19-22-24-25-26-28-31-33-36-39-42-45-51(62)57(66)59-49(50(61)44-41-38-35-32-30-27-23-20-17-14-11-8-5-2)48-67-58-56(55(65)54(64)52(47-60)68-58)69-53(63)46-43-40-37-34-29-21-18-15-12-9-6-3/h24-25,41,44,49-52,54-56,58,60-62,64-65H,4-23,26-40,42-43,45-48H2,1-3H3,(H,59,66)/b25-24+,44-41+. The third kappa shape index (κ3) is 35.8. The van der Waals surface area contributed by atoms with Crippen molar-refractivity contribution in [1.29, 1.82) is 0 Å². The maximum atomic E-state index is 13.4. The highest BCUT2D eigenvalue weighted by Gasteiger charge is 2.47. The lowest BCUT2D eigenvalue weighted by Gasteiger charge is -2.41. The monoisotopic (exact) mass is 980 g/mol. The van der Waals surface area contributed by atoms with Crippen molar-refractivity contribution in [3.63, 3.8) is 0 Å². The molecule has 0 aromatic carbocycles. The summed E-state index contributed by atoms with van der Waals surface area (Å²) >= 11 is 0. The second-order valence-corrected chi connectivity index (χ2v) is 20.4. The first-order chi connectivity index (χ1) is 33.7. The fourth-order valence-electron chi connectivity index (χ4n) is 9.18. The lowest BCUT2D eigenvalue weighted by atomic mass is 9.99. The van der Waals surface area contributed by atoms with Crippen LogP contribution in [-0.2, 0) is 23.8 Å². The Labute approximate surface area is 422 Å². The van der Waals surface area contributed by atoms with Crippen molar-refractivity contribution in [3.8, 4) is 0 Å². The number of hydrogen-bond acceptors (Lipinski definition) is 10. The van der Waals surface area contributed by atoms with Crippen molar-refractivity contribution in [2.45, 2.75) is 320 Å². The van der Waals surface area contributed by atoms with E-state index in [0.717, 1.165) is 70.6 Å². The molecule has 406 valence electrons. The molecule has 1 aliphatic rings. The average Bonchev–Trinajstić information content (AvgIpc) is 3.34. The largest absolute Gasteiger partial charge is 0.454 e. The molecule has 69 heavy (non-hydrogen) atoms. The fourth-order valence-corrected chi connectivity index (χ4v) is 9.18. The number of allylic oxidation sites excluding steroid dienone is 3. The van der Waals surface area contributed by atoms with Crippen LogP contribution in [-0.4, -0.2) is 99.6 Å². The van der Waals surface area contributed by atoms with Crippen LogP contribution in [0.2, 0.25) is 0 Å². The minimum Gasteiger partial charge on any atom is -0.454 e. The second kappa shape index (κ2) is 47.2. The van der Waals surface area contributed by atoms with Crippen molar-refractivity contribution < 1.29 is 49.3 Å². The van der Waals surface area contributed by atoms with E-state index in [9.17, 15) is 35.1 Å². The number of hydrogen-bond donors (Lipinski definition) is 6. The minimum atomic E-state index is -1.61. The van der Waals surface area contributed by atoms with Crippen LogP contribution < -0.4 is 5.32 Å². The van der Waals surface area contributed by atoms with Gasteiger partial charge in [-0.2, -0.15) is 0 Å². The van der Waals surface area contributed by atoms with Crippen LogP contribution in [0.3, 0.4) is 0 Å². The van der Waals surface area contributed by atoms with Gasteiger partial charge in [-0.15, -0.1) is 0 Å². The number of unbranched alkanes of at least 4 members (excludes halogenated alkanes) is 33. The van der Waals surface area contributed by atoms with Gasteiger partial charge in [-0.1, -0.05) is 238 Å². The van der Waals surface area contributed by atoms with Gasteiger partial charge in [-0.25, -0.2) is 0 Å². The van der Waals surface area contributed by atoms with Crippen molar-refractivity contribution in [2.75, 3.05) is 13.2 Å². The van der Waals surface area contributed by atoms with Crippen LogP contribution in [0.5, 0.6) is 0 Å². The van der Waals surface area contributed by atoms with Gasteiger partial charge in [0.25, 0.3) is 0 Å². The summed E-state index contributed by atoms with van der Waals surface area (Å²) < 4.78 is 17.6. The van der Waals surface area contributed by atoms with Crippen molar-refractivity contribution in [2.24, 2.45) is 0 Å². The number of nitrogens with one attached hydrogen (secondary N) is 1. The molecule has 0 radical (unpaired) electrons. The Morgan fingerprint density at radius 1 is 0.551 bits per heavy atom. The summed E-state index contributed by atoms with van der Waals surface area (Å²) in [5.74, 6) is -1.19. The summed E-state index contributed by atoms with van der Waals surface area (Å²) in [6.07, 6.45) is 42.2. The lowest BCUT2D eigenvalue weighted by molar-refractivity contribution is -0.305. The zero-order chi connectivity index (χ0) is 50.4. The third-order valence-electron chi connectivity index (χ3n) is 13.9. The maximum Gasteiger partial charge on any atom is 0.306 e. The van der Waals surface area contributed by atoms with Crippen LogP contribution in [0.15, 0.2) is 24.3 Å². The molecule has 1 fully saturated rings. The molecule has 0 bridgehead atoms. The van der Waals surface area contributed by atoms with Gasteiger partial charge in [0.1, 0.15) is 24.4 Å². The first kappa shape index (κ1) is 65.2. The molecule has 1 amide bonds. The van der Waals surface area contributed by atoms with E-state index in [0.29, 0.717) is 12.8 Å². The second-order valence-electron chi connectivity index (χ2n) is 20.4. The van der Waals surface area contributed by atoms with Gasteiger partial charge >= 0.3 is 5.97 Å². The molecule has 1 saturated heterocycles. The van der Waals surface area contributed by atoms with E-state index in [1.165, 1.54) is 154 Å². The van der Waals surface area contributed by atoms with E-state index < -0.39 is 67.4 Å². The molecule has 1 aliphatic heterocycles. The Hall–Kier alpha value is -1.86. The average molecular weight is 981 g/mol. The molecule has 0 aromatic rings. The molecule has 1 rings (SSSR count). The van der Waals surface area contributed by atoms with Crippen LogP contribution in [0, 0.1) is 0 Å². The summed E-state index contributed by atoms with van der Waals surface area (Å²) in [7, 11) is 0. The van der Waals surface area contributed by atoms with Crippen LogP contribution in [0.25, 0.3) is 0 Å². The minimum absolute atomic E-state index is 0.128. The number of aliphatic hydroxyl groups excluding tert-OH is 5. The third-order valence-corrected chi connectivity index (χ3v) is 13.9. The summed E-state index contributed by atoms with van der Waals surface area (Å²) in [4.78, 5) is 26.4. The Balaban J connectivity index is 2.73. The van der Waals surface area contributed by atoms with Crippen LogP contribution in [0.1, 0.15) is 271 Å². The SMILES string of the molecule is CCCCCCCC/C=C/CCCCCCCCC(O)C(=O)NC(COC1OC(CO)C(O)C(O)C1OC(=O)CCCCCCCCCCCCC)C(O)/C=C/CCCCCCCCCCCCC. The van der Waals surface area contributed by atoms with Gasteiger partial charge in [0, 0.05) is 6.42 Å². The molecule has 8 atom stereocenters. The predicted molar refractivity (Wildman–Crippen MR) is 283 cm³/mol. The Bertz CT molecular complexity index is 1220. The van der Waals surface area contributed by atoms with Crippen molar-refractivity contribution >= 4 is 11.9 Å². The number of carbonyl (C=O) groups is 2. The first-order valence-corrected chi connectivity index (χ1v) is 29.1. The van der Waals surface area contributed by atoms with E-state index >= 15 is 0 Å².